The summed E-state index contributed by atoms with van der Waals surface area (Å²) in [5.41, 5.74) is 1.23. The third-order valence-corrected chi connectivity index (χ3v) is 3.25. The van der Waals surface area contributed by atoms with Gasteiger partial charge in [0.15, 0.2) is 0 Å². The first kappa shape index (κ1) is 14.7. The van der Waals surface area contributed by atoms with Crippen LogP contribution < -0.4 is 5.32 Å². The highest BCUT2D eigenvalue weighted by Gasteiger charge is 2.13. The Morgan fingerprint density at radius 2 is 2.00 bits per heavy atom. The van der Waals surface area contributed by atoms with Gasteiger partial charge in [-0.1, -0.05) is 48.0 Å². The van der Waals surface area contributed by atoms with E-state index in [4.69, 9.17) is 4.74 Å². The lowest BCUT2D eigenvalue weighted by Crippen LogP contribution is -2.24. The maximum absolute atomic E-state index is 5.91. The Labute approximate surface area is 113 Å². The van der Waals surface area contributed by atoms with E-state index in [9.17, 15) is 0 Å². The fraction of sp³-hybridized carbons (Fsp3) is 0.571. The van der Waals surface area contributed by atoms with E-state index in [1.807, 2.05) is 6.07 Å². The summed E-state index contributed by atoms with van der Waals surface area (Å²) >= 11 is 3.59. The normalized spacial score (nSPS) is 12.6. The molecular weight excluding hydrogens is 278 g/mol. The Morgan fingerprint density at radius 1 is 1.24 bits per heavy atom. The van der Waals surface area contributed by atoms with Crippen LogP contribution in [-0.2, 0) is 4.74 Å². The number of nitrogens with one attached hydrogen (secondary N) is 1. The zero-order chi connectivity index (χ0) is 12.5. The van der Waals surface area contributed by atoms with Crippen LogP contribution in [0.2, 0.25) is 0 Å². The van der Waals surface area contributed by atoms with Crippen molar-refractivity contribution in [1.82, 2.24) is 5.32 Å². The predicted molar refractivity (Wildman–Crippen MR) is 76.3 cm³/mol. The van der Waals surface area contributed by atoms with Crippen molar-refractivity contribution in [3.05, 3.63) is 34.3 Å². The van der Waals surface area contributed by atoms with Crippen molar-refractivity contribution in [2.45, 2.75) is 32.8 Å². The minimum absolute atomic E-state index is 0.136. The second kappa shape index (κ2) is 8.67. The first-order chi connectivity index (χ1) is 8.29. The average molecular weight is 300 g/mol. The fourth-order valence-electron chi connectivity index (χ4n) is 1.66. The standard InChI is InChI=1S/C14H22BrNO/c1-3-9-16-11-14(17-10-4-2)12-7-5-6-8-13(12)15/h5-8,14,16H,3-4,9-11H2,1-2H3. The van der Waals surface area contributed by atoms with Crippen molar-refractivity contribution in [3.8, 4) is 0 Å². The van der Waals surface area contributed by atoms with Gasteiger partial charge in [-0.15, -0.1) is 0 Å². The van der Waals surface area contributed by atoms with Crippen molar-refractivity contribution in [2.75, 3.05) is 19.7 Å². The van der Waals surface area contributed by atoms with Crippen LogP contribution in [0.5, 0.6) is 0 Å². The molecule has 0 saturated carbocycles. The summed E-state index contributed by atoms with van der Waals surface area (Å²) < 4.78 is 7.04. The molecule has 1 N–H and O–H groups in total. The number of rotatable bonds is 8. The van der Waals surface area contributed by atoms with E-state index in [0.717, 1.165) is 37.0 Å². The van der Waals surface area contributed by atoms with E-state index >= 15 is 0 Å². The van der Waals surface area contributed by atoms with Gasteiger partial charge < -0.3 is 10.1 Å². The van der Waals surface area contributed by atoms with Gasteiger partial charge in [-0.3, -0.25) is 0 Å². The topological polar surface area (TPSA) is 21.3 Å². The molecule has 0 aliphatic rings. The molecule has 2 nitrogen and oxygen atoms in total. The summed E-state index contributed by atoms with van der Waals surface area (Å²) in [5.74, 6) is 0. The van der Waals surface area contributed by atoms with E-state index in [1.54, 1.807) is 0 Å². The van der Waals surface area contributed by atoms with Crippen LogP contribution in [0.3, 0.4) is 0 Å². The van der Waals surface area contributed by atoms with E-state index in [1.165, 1.54) is 5.56 Å². The van der Waals surface area contributed by atoms with Crippen LogP contribution in [0.25, 0.3) is 0 Å². The smallest absolute Gasteiger partial charge is 0.0960 e. The molecular formula is C14H22BrNO. The summed E-state index contributed by atoms with van der Waals surface area (Å²) in [5, 5.41) is 3.42. The molecule has 0 amide bonds. The molecule has 1 unspecified atom stereocenters. The Balaban J connectivity index is 2.64. The Morgan fingerprint density at radius 3 is 2.65 bits per heavy atom. The number of hydrogen-bond donors (Lipinski definition) is 1. The highest BCUT2D eigenvalue weighted by molar-refractivity contribution is 9.10. The second-order valence-corrected chi connectivity index (χ2v) is 4.94. The first-order valence-corrected chi connectivity index (χ1v) is 7.15. The maximum Gasteiger partial charge on any atom is 0.0960 e. The van der Waals surface area contributed by atoms with Crippen molar-refractivity contribution in [1.29, 1.82) is 0 Å². The van der Waals surface area contributed by atoms with Gasteiger partial charge in [-0.05, 0) is 31.0 Å². The van der Waals surface area contributed by atoms with Crippen molar-refractivity contribution >= 4 is 15.9 Å². The zero-order valence-electron chi connectivity index (χ0n) is 10.7. The van der Waals surface area contributed by atoms with Crippen LogP contribution in [0.15, 0.2) is 28.7 Å². The van der Waals surface area contributed by atoms with Gasteiger partial charge >= 0.3 is 0 Å². The molecule has 0 radical (unpaired) electrons. The molecule has 0 fully saturated rings. The van der Waals surface area contributed by atoms with Gasteiger partial charge in [0, 0.05) is 17.6 Å². The average Bonchev–Trinajstić information content (AvgIpc) is 2.35. The van der Waals surface area contributed by atoms with Crippen molar-refractivity contribution in [3.63, 3.8) is 0 Å². The molecule has 0 aliphatic heterocycles. The molecule has 1 aromatic rings. The molecule has 3 heteroatoms. The molecule has 17 heavy (non-hydrogen) atoms. The SMILES string of the molecule is CCCNCC(OCCC)c1ccccc1Br. The van der Waals surface area contributed by atoms with Gasteiger partial charge in [0.2, 0.25) is 0 Å². The van der Waals surface area contributed by atoms with Gasteiger partial charge in [-0.25, -0.2) is 0 Å². The minimum Gasteiger partial charge on any atom is -0.372 e. The van der Waals surface area contributed by atoms with Gasteiger partial charge in [0.25, 0.3) is 0 Å². The summed E-state index contributed by atoms with van der Waals surface area (Å²) in [6.45, 7) is 7.02. The quantitative estimate of drug-likeness (QED) is 0.735. The number of hydrogen-bond acceptors (Lipinski definition) is 2. The highest BCUT2D eigenvalue weighted by atomic mass is 79.9. The monoisotopic (exact) mass is 299 g/mol. The lowest BCUT2D eigenvalue weighted by Gasteiger charge is -2.20. The summed E-state index contributed by atoms with van der Waals surface area (Å²) in [6, 6.07) is 8.28. The molecule has 0 saturated heterocycles. The third-order valence-electron chi connectivity index (χ3n) is 2.53. The Kier molecular flexibility index (Phi) is 7.49. The molecule has 1 atom stereocenters. The van der Waals surface area contributed by atoms with E-state index in [0.29, 0.717) is 0 Å². The zero-order valence-corrected chi connectivity index (χ0v) is 12.3. The summed E-state index contributed by atoms with van der Waals surface area (Å²) in [4.78, 5) is 0. The van der Waals surface area contributed by atoms with Crippen LogP contribution in [0, 0.1) is 0 Å². The Hall–Kier alpha value is -0.380. The van der Waals surface area contributed by atoms with E-state index in [-0.39, 0.29) is 6.10 Å². The van der Waals surface area contributed by atoms with Crippen LogP contribution >= 0.6 is 15.9 Å². The first-order valence-electron chi connectivity index (χ1n) is 6.36. The largest absolute Gasteiger partial charge is 0.372 e. The van der Waals surface area contributed by atoms with Crippen LogP contribution in [0.1, 0.15) is 38.4 Å². The van der Waals surface area contributed by atoms with Gasteiger partial charge in [0.1, 0.15) is 0 Å². The maximum atomic E-state index is 5.91. The minimum atomic E-state index is 0.136. The van der Waals surface area contributed by atoms with Gasteiger partial charge in [-0.2, -0.15) is 0 Å². The van der Waals surface area contributed by atoms with Crippen LogP contribution in [0.4, 0.5) is 0 Å². The summed E-state index contributed by atoms with van der Waals surface area (Å²) in [6.07, 6.45) is 2.34. The van der Waals surface area contributed by atoms with E-state index < -0.39 is 0 Å². The third kappa shape index (κ3) is 5.19. The summed E-state index contributed by atoms with van der Waals surface area (Å²) in [7, 11) is 0. The van der Waals surface area contributed by atoms with Crippen molar-refractivity contribution in [2.24, 2.45) is 0 Å². The molecule has 1 rings (SSSR count). The second-order valence-electron chi connectivity index (χ2n) is 4.09. The molecule has 0 heterocycles. The molecule has 96 valence electrons. The predicted octanol–water partition coefficient (Wildman–Crippen LogP) is 3.92. The molecule has 0 aliphatic carbocycles. The molecule has 0 spiro atoms. The molecule has 1 aromatic carbocycles. The number of benzene rings is 1. The highest BCUT2D eigenvalue weighted by Crippen LogP contribution is 2.25. The van der Waals surface area contributed by atoms with Crippen LogP contribution in [-0.4, -0.2) is 19.7 Å². The molecule has 0 bridgehead atoms. The van der Waals surface area contributed by atoms with Gasteiger partial charge in [0.05, 0.1) is 6.10 Å². The molecule has 0 aromatic heterocycles. The lowest BCUT2D eigenvalue weighted by atomic mass is 10.1. The number of halogens is 1. The van der Waals surface area contributed by atoms with E-state index in [2.05, 4.69) is 53.3 Å². The van der Waals surface area contributed by atoms with Crippen molar-refractivity contribution < 1.29 is 4.74 Å². The number of ether oxygens (including phenoxy) is 1. The lowest BCUT2D eigenvalue weighted by molar-refractivity contribution is 0.0527. The Bertz CT molecular complexity index is 317. The fourth-order valence-corrected chi connectivity index (χ4v) is 2.21.